The maximum absolute atomic E-state index is 12.1. The van der Waals surface area contributed by atoms with E-state index in [1.807, 2.05) is 20.8 Å². The highest BCUT2D eigenvalue weighted by atomic mass is 16.5. The van der Waals surface area contributed by atoms with Crippen molar-refractivity contribution in [2.24, 2.45) is 0 Å². The number of Topliss-reactive ketones (excluding diaryl/α,β-unsaturated/α-hetero) is 1. The standard InChI is InChI=1S/C12H16O3/c1-8-7-10(15-9(8)2)11(13)12(3)5-4-6-14-12/h7H,4-6H2,1-3H3. The van der Waals surface area contributed by atoms with Crippen molar-refractivity contribution in [1.82, 2.24) is 0 Å². The third kappa shape index (κ3) is 1.72. The highest BCUT2D eigenvalue weighted by molar-refractivity contribution is 6.00. The fourth-order valence-corrected chi connectivity index (χ4v) is 1.90. The number of hydrogen-bond acceptors (Lipinski definition) is 3. The van der Waals surface area contributed by atoms with Gasteiger partial charge in [-0.15, -0.1) is 0 Å². The van der Waals surface area contributed by atoms with Crippen LogP contribution in [0.3, 0.4) is 0 Å². The summed E-state index contributed by atoms with van der Waals surface area (Å²) in [5.41, 5.74) is 0.344. The Balaban J connectivity index is 2.27. The second-order valence-electron chi connectivity index (χ2n) is 4.36. The van der Waals surface area contributed by atoms with Gasteiger partial charge < -0.3 is 9.15 Å². The summed E-state index contributed by atoms with van der Waals surface area (Å²) < 4.78 is 10.9. The summed E-state index contributed by atoms with van der Waals surface area (Å²) in [5.74, 6) is 1.20. The Morgan fingerprint density at radius 1 is 1.47 bits per heavy atom. The van der Waals surface area contributed by atoms with E-state index in [4.69, 9.17) is 9.15 Å². The average Bonchev–Trinajstić information content (AvgIpc) is 2.75. The molecule has 1 aromatic rings. The number of carbonyl (C=O) groups is 1. The van der Waals surface area contributed by atoms with Crippen LogP contribution in [-0.4, -0.2) is 18.0 Å². The zero-order chi connectivity index (χ0) is 11.1. The normalized spacial score (nSPS) is 25.8. The van der Waals surface area contributed by atoms with Gasteiger partial charge >= 0.3 is 0 Å². The summed E-state index contributed by atoms with van der Waals surface area (Å²) in [5, 5.41) is 0. The lowest BCUT2D eigenvalue weighted by atomic mass is 9.95. The molecule has 0 saturated carbocycles. The monoisotopic (exact) mass is 208 g/mol. The molecule has 0 bridgehead atoms. The first kappa shape index (κ1) is 10.4. The van der Waals surface area contributed by atoms with Gasteiger partial charge in [0.1, 0.15) is 11.4 Å². The predicted octanol–water partition coefficient (Wildman–Crippen LogP) is 2.65. The number of hydrogen-bond donors (Lipinski definition) is 0. The van der Waals surface area contributed by atoms with Gasteiger partial charge in [0.15, 0.2) is 5.76 Å². The van der Waals surface area contributed by atoms with Crippen LogP contribution >= 0.6 is 0 Å². The predicted molar refractivity (Wildman–Crippen MR) is 56.1 cm³/mol. The van der Waals surface area contributed by atoms with Crippen LogP contribution in [0.2, 0.25) is 0 Å². The maximum atomic E-state index is 12.1. The van der Waals surface area contributed by atoms with Gasteiger partial charge in [0.05, 0.1) is 0 Å². The Hall–Kier alpha value is -1.09. The summed E-state index contributed by atoms with van der Waals surface area (Å²) in [6, 6.07) is 1.80. The molecule has 15 heavy (non-hydrogen) atoms. The van der Waals surface area contributed by atoms with Gasteiger partial charge in [0, 0.05) is 6.61 Å². The van der Waals surface area contributed by atoms with Gasteiger partial charge in [-0.3, -0.25) is 4.79 Å². The number of ether oxygens (including phenoxy) is 1. The number of carbonyl (C=O) groups excluding carboxylic acids is 1. The zero-order valence-corrected chi connectivity index (χ0v) is 9.42. The summed E-state index contributed by atoms with van der Waals surface area (Å²) in [6.45, 7) is 6.31. The smallest absolute Gasteiger partial charge is 0.229 e. The minimum Gasteiger partial charge on any atom is -0.458 e. The van der Waals surface area contributed by atoms with Gasteiger partial charge in [-0.05, 0) is 45.2 Å². The van der Waals surface area contributed by atoms with Crippen LogP contribution in [0.15, 0.2) is 10.5 Å². The molecule has 3 heteroatoms. The molecule has 1 aliphatic rings. The minimum absolute atomic E-state index is 0.0313. The first-order valence-electron chi connectivity index (χ1n) is 5.29. The van der Waals surface area contributed by atoms with E-state index in [-0.39, 0.29) is 5.78 Å². The molecule has 0 aliphatic carbocycles. The van der Waals surface area contributed by atoms with Crippen molar-refractivity contribution in [3.8, 4) is 0 Å². The molecule has 1 fully saturated rings. The largest absolute Gasteiger partial charge is 0.458 e. The molecular formula is C12H16O3. The molecule has 0 aromatic carbocycles. The zero-order valence-electron chi connectivity index (χ0n) is 9.42. The highest BCUT2D eigenvalue weighted by Crippen LogP contribution is 2.30. The van der Waals surface area contributed by atoms with Crippen LogP contribution in [0, 0.1) is 13.8 Å². The van der Waals surface area contributed by atoms with Crippen LogP contribution in [0.25, 0.3) is 0 Å². The van der Waals surface area contributed by atoms with Gasteiger partial charge in [0.2, 0.25) is 5.78 Å². The van der Waals surface area contributed by atoms with Crippen LogP contribution in [0.5, 0.6) is 0 Å². The van der Waals surface area contributed by atoms with Crippen molar-refractivity contribution >= 4 is 5.78 Å². The van der Waals surface area contributed by atoms with Gasteiger partial charge in [0.25, 0.3) is 0 Å². The Labute approximate surface area is 89.4 Å². The molecule has 0 radical (unpaired) electrons. The van der Waals surface area contributed by atoms with E-state index in [1.165, 1.54) is 0 Å². The molecule has 82 valence electrons. The molecule has 3 nitrogen and oxygen atoms in total. The second-order valence-corrected chi connectivity index (χ2v) is 4.36. The Kier molecular flexibility index (Phi) is 2.43. The molecule has 1 saturated heterocycles. The molecule has 1 aromatic heterocycles. The van der Waals surface area contributed by atoms with E-state index in [0.717, 1.165) is 24.2 Å². The van der Waals surface area contributed by atoms with Gasteiger partial charge in [-0.1, -0.05) is 0 Å². The lowest BCUT2D eigenvalue weighted by Gasteiger charge is -2.19. The molecule has 0 amide bonds. The van der Waals surface area contributed by atoms with Crippen LogP contribution in [0.4, 0.5) is 0 Å². The lowest BCUT2D eigenvalue weighted by Crippen LogP contribution is -2.34. The van der Waals surface area contributed by atoms with Crippen LogP contribution in [0.1, 0.15) is 41.6 Å². The van der Waals surface area contributed by atoms with Crippen molar-refractivity contribution in [3.05, 3.63) is 23.2 Å². The Bertz CT molecular complexity index is 364. The molecule has 1 unspecified atom stereocenters. The summed E-state index contributed by atoms with van der Waals surface area (Å²) in [7, 11) is 0. The lowest BCUT2D eigenvalue weighted by molar-refractivity contribution is 0.0190. The van der Waals surface area contributed by atoms with Crippen molar-refractivity contribution in [2.45, 2.75) is 39.2 Å². The minimum atomic E-state index is -0.670. The van der Waals surface area contributed by atoms with Crippen LogP contribution < -0.4 is 0 Å². The summed E-state index contributed by atoms with van der Waals surface area (Å²) in [6.07, 6.45) is 1.73. The first-order chi connectivity index (χ1) is 7.03. The number of ketones is 1. The molecule has 0 N–H and O–H groups in total. The molecule has 1 aliphatic heterocycles. The quantitative estimate of drug-likeness (QED) is 0.701. The number of furan rings is 1. The molecule has 0 spiro atoms. The van der Waals surface area contributed by atoms with Crippen LogP contribution in [-0.2, 0) is 4.74 Å². The van der Waals surface area contributed by atoms with E-state index in [2.05, 4.69) is 0 Å². The van der Waals surface area contributed by atoms with Gasteiger partial charge in [-0.2, -0.15) is 0 Å². The molecule has 2 heterocycles. The average molecular weight is 208 g/mol. The summed E-state index contributed by atoms with van der Waals surface area (Å²) in [4.78, 5) is 12.1. The number of aryl methyl sites for hydroxylation is 2. The van der Waals surface area contributed by atoms with Crippen molar-refractivity contribution in [3.63, 3.8) is 0 Å². The van der Waals surface area contributed by atoms with E-state index < -0.39 is 5.60 Å². The fraction of sp³-hybridized carbons (Fsp3) is 0.583. The summed E-state index contributed by atoms with van der Waals surface area (Å²) >= 11 is 0. The number of rotatable bonds is 2. The van der Waals surface area contributed by atoms with Crippen molar-refractivity contribution in [1.29, 1.82) is 0 Å². The van der Waals surface area contributed by atoms with E-state index in [0.29, 0.717) is 12.4 Å². The highest BCUT2D eigenvalue weighted by Gasteiger charge is 2.39. The Morgan fingerprint density at radius 3 is 2.67 bits per heavy atom. The van der Waals surface area contributed by atoms with E-state index >= 15 is 0 Å². The third-order valence-corrected chi connectivity index (χ3v) is 3.09. The maximum Gasteiger partial charge on any atom is 0.229 e. The molecular weight excluding hydrogens is 192 g/mol. The fourth-order valence-electron chi connectivity index (χ4n) is 1.90. The van der Waals surface area contributed by atoms with Crippen molar-refractivity contribution < 1.29 is 13.9 Å². The molecule has 2 rings (SSSR count). The second kappa shape index (κ2) is 3.49. The SMILES string of the molecule is Cc1cc(C(=O)C2(C)CCCO2)oc1C. The third-order valence-electron chi connectivity index (χ3n) is 3.09. The Morgan fingerprint density at radius 2 is 2.20 bits per heavy atom. The molecule has 1 atom stereocenters. The van der Waals surface area contributed by atoms with E-state index in [9.17, 15) is 4.79 Å². The van der Waals surface area contributed by atoms with Crippen molar-refractivity contribution in [2.75, 3.05) is 6.61 Å². The first-order valence-corrected chi connectivity index (χ1v) is 5.29. The van der Waals surface area contributed by atoms with Gasteiger partial charge in [-0.25, -0.2) is 0 Å². The van der Waals surface area contributed by atoms with E-state index in [1.54, 1.807) is 6.07 Å². The topological polar surface area (TPSA) is 39.4 Å².